The Kier molecular flexibility index (Phi) is 3.98. The first-order valence-corrected chi connectivity index (χ1v) is 7.07. The van der Waals surface area contributed by atoms with Crippen LogP contribution in [0.15, 0.2) is 18.2 Å². The van der Waals surface area contributed by atoms with Crippen LogP contribution in [0.1, 0.15) is 37.8 Å². The number of rotatable bonds is 5. The van der Waals surface area contributed by atoms with Gasteiger partial charge in [-0.25, -0.2) is 0 Å². The highest BCUT2D eigenvalue weighted by Gasteiger charge is 2.29. The average molecular weight is 252 g/mol. The van der Waals surface area contributed by atoms with Crippen molar-refractivity contribution in [3.8, 4) is 0 Å². The zero-order valence-corrected chi connectivity index (χ0v) is 11.8. The van der Waals surface area contributed by atoms with Gasteiger partial charge in [0.25, 0.3) is 0 Å². The van der Waals surface area contributed by atoms with Crippen LogP contribution in [-0.4, -0.2) is 12.6 Å². The van der Waals surface area contributed by atoms with Gasteiger partial charge >= 0.3 is 0 Å². The molecule has 0 aromatic heterocycles. The second-order valence-corrected chi connectivity index (χ2v) is 5.79. The largest absolute Gasteiger partial charge is 0.368 e. The van der Waals surface area contributed by atoms with Crippen LogP contribution in [0.2, 0.25) is 0 Å². The number of aryl methyl sites for hydroxylation is 1. The molecule has 0 saturated heterocycles. The van der Waals surface area contributed by atoms with Crippen molar-refractivity contribution >= 4 is 17.3 Å². The Bertz CT molecular complexity index is 383. The first-order chi connectivity index (χ1) is 8.11. The van der Waals surface area contributed by atoms with Crippen molar-refractivity contribution in [2.75, 3.05) is 11.4 Å². The van der Waals surface area contributed by atoms with Gasteiger partial charge in [0.05, 0.1) is 0 Å². The minimum atomic E-state index is 0.611. The Morgan fingerprint density at radius 1 is 1.35 bits per heavy atom. The molecule has 1 saturated carbocycles. The maximum Gasteiger partial charge on any atom is 0.0476 e. The molecular formula is C15H22ClN. The van der Waals surface area contributed by atoms with Gasteiger partial charge in [-0.1, -0.05) is 19.9 Å². The lowest BCUT2D eigenvalue weighted by molar-refractivity contribution is 0.607. The summed E-state index contributed by atoms with van der Waals surface area (Å²) in [4.78, 5) is 2.57. The fourth-order valence-electron chi connectivity index (χ4n) is 2.25. The van der Waals surface area contributed by atoms with Gasteiger partial charge in [0.2, 0.25) is 0 Å². The van der Waals surface area contributed by atoms with Crippen LogP contribution in [0.25, 0.3) is 0 Å². The maximum absolute atomic E-state index is 5.91. The van der Waals surface area contributed by atoms with Crippen LogP contribution in [0, 0.1) is 12.8 Å². The van der Waals surface area contributed by atoms with Crippen LogP contribution in [-0.2, 0) is 5.88 Å². The molecule has 0 heterocycles. The summed E-state index contributed by atoms with van der Waals surface area (Å²) in [6.45, 7) is 7.89. The average Bonchev–Trinajstić information content (AvgIpc) is 3.09. The molecule has 1 aromatic carbocycles. The minimum absolute atomic E-state index is 0.611. The van der Waals surface area contributed by atoms with E-state index in [0.29, 0.717) is 11.8 Å². The number of alkyl halides is 1. The molecule has 1 fully saturated rings. The molecule has 0 amide bonds. The van der Waals surface area contributed by atoms with Gasteiger partial charge in [-0.05, 0) is 48.9 Å². The van der Waals surface area contributed by atoms with E-state index >= 15 is 0 Å². The Morgan fingerprint density at radius 3 is 2.53 bits per heavy atom. The number of nitrogens with zero attached hydrogens (tertiary/aromatic N) is 1. The van der Waals surface area contributed by atoms with Crippen molar-refractivity contribution in [1.82, 2.24) is 0 Å². The Morgan fingerprint density at radius 2 is 2.06 bits per heavy atom. The summed E-state index contributed by atoms with van der Waals surface area (Å²) in [6, 6.07) is 7.47. The summed E-state index contributed by atoms with van der Waals surface area (Å²) < 4.78 is 0. The van der Waals surface area contributed by atoms with Crippen molar-refractivity contribution in [2.45, 2.75) is 45.5 Å². The van der Waals surface area contributed by atoms with Gasteiger partial charge < -0.3 is 4.90 Å². The Labute approximate surface area is 110 Å². The standard InChI is InChI=1S/C15H22ClN/c1-11(2)10-17(14-6-7-14)15-5-4-13(9-16)12(3)8-15/h4-5,8,11,14H,6-7,9-10H2,1-3H3. The summed E-state index contributed by atoms with van der Waals surface area (Å²) in [6.07, 6.45) is 2.70. The normalized spacial score (nSPS) is 15.4. The second kappa shape index (κ2) is 5.30. The zero-order chi connectivity index (χ0) is 12.4. The molecule has 2 rings (SSSR count). The fraction of sp³-hybridized carbons (Fsp3) is 0.600. The van der Waals surface area contributed by atoms with Crippen LogP contribution in [0.3, 0.4) is 0 Å². The number of anilines is 1. The second-order valence-electron chi connectivity index (χ2n) is 5.52. The summed E-state index contributed by atoms with van der Waals surface area (Å²) >= 11 is 5.91. The van der Waals surface area contributed by atoms with Crippen molar-refractivity contribution in [3.63, 3.8) is 0 Å². The van der Waals surface area contributed by atoms with Gasteiger partial charge in [-0.3, -0.25) is 0 Å². The minimum Gasteiger partial charge on any atom is -0.368 e. The monoisotopic (exact) mass is 251 g/mol. The molecule has 2 heteroatoms. The van der Waals surface area contributed by atoms with E-state index in [1.807, 2.05) is 0 Å². The molecule has 17 heavy (non-hydrogen) atoms. The van der Waals surface area contributed by atoms with Gasteiger partial charge in [0, 0.05) is 24.2 Å². The molecule has 1 nitrogen and oxygen atoms in total. The van der Waals surface area contributed by atoms with E-state index in [1.165, 1.54) is 29.7 Å². The third-order valence-corrected chi connectivity index (χ3v) is 3.64. The topological polar surface area (TPSA) is 3.24 Å². The molecule has 0 aliphatic heterocycles. The van der Waals surface area contributed by atoms with Crippen molar-refractivity contribution in [2.24, 2.45) is 5.92 Å². The Hall–Kier alpha value is -0.690. The van der Waals surface area contributed by atoms with Crippen molar-refractivity contribution in [3.05, 3.63) is 29.3 Å². The van der Waals surface area contributed by atoms with Gasteiger partial charge in [0.1, 0.15) is 0 Å². The first kappa shape index (κ1) is 12.8. The Balaban J connectivity index is 2.20. The van der Waals surface area contributed by atoms with E-state index in [0.717, 1.165) is 12.6 Å². The highest BCUT2D eigenvalue weighted by Crippen LogP contribution is 2.33. The van der Waals surface area contributed by atoms with Gasteiger partial charge in [-0.2, -0.15) is 0 Å². The molecular weight excluding hydrogens is 230 g/mol. The molecule has 0 bridgehead atoms. The summed E-state index contributed by atoms with van der Waals surface area (Å²) in [5.41, 5.74) is 3.93. The zero-order valence-electron chi connectivity index (χ0n) is 11.0. The van der Waals surface area contributed by atoms with E-state index in [2.05, 4.69) is 43.9 Å². The smallest absolute Gasteiger partial charge is 0.0476 e. The molecule has 1 aromatic rings. The molecule has 0 unspecified atom stereocenters. The molecule has 0 atom stereocenters. The molecule has 94 valence electrons. The molecule has 0 radical (unpaired) electrons. The van der Waals surface area contributed by atoms with E-state index in [1.54, 1.807) is 0 Å². The van der Waals surface area contributed by atoms with Gasteiger partial charge in [-0.15, -0.1) is 11.6 Å². The lowest BCUT2D eigenvalue weighted by Gasteiger charge is -2.27. The number of halogens is 1. The van der Waals surface area contributed by atoms with Crippen molar-refractivity contribution < 1.29 is 0 Å². The third-order valence-electron chi connectivity index (χ3n) is 3.35. The maximum atomic E-state index is 5.91. The van der Waals surface area contributed by atoms with E-state index in [-0.39, 0.29) is 0 Å². The molecule has 1 aliphatic carbocycles. The van der Waals surface area contributed by atoms with Gasteiger partial charge in [0.15, 0.2) is 0 Å². The summed E-state index contributed by atoms with van der Waals surface area (Å²) in [5, 5.41) is 0. The van der Waals surface area contributed by atoms with Crippen molar-refractivity contribution in [1.29, 1.82) is 0 Å². The lowest BCUT2D eigenvalue weighted by atomic mass is 10.1. The van der Waals surface area contributed by atoms with Crippen LogP contribution in [0.5, 0.6) is 0 Å². The highest BCUT2D eigenvalue weighted by molar-refractivity contribution is 6.17. The summed E-state index contributed by atoms with van der Waals surface area (Å²) in [7, 11) is 0. The van der Waals surface area contributed by atoms with Crippen LogP contribution in [0.4, 0.5) is 5.69 Å². The lowest BCUT2D eigenvalue weighted by Crippen LogP contribution is -2.29. The van der Waals surface area contributed by atoms with E-state index in [4.69, 9.17) is 11.6 Å². The summed E-state index contributed by atoms with van der Waals surface area (Å²) in [5.74, 6) is 1.32. The van der Waals surface area contributed by atoms with E-state index in [9.17, 15) is 0 Å². The predicted molar refractivity (Wildman–Crippen MR) is 75.9 cm³/mol. The molecule has 1 aliphatic rings. The molecule has 0 spiro atoms. The highest BCUT2D eigenvalue weighted by atomic mass is 35.5. The quantitative estimate of drug-likeness (QED) is 0.703. The van der Waals surface area contributed by atoms with E-state index < -0.39 is 0 Å². The van der Waals surface area contributed by atoms with Crippen LogP contribution >= 0.6 is 11.6 Å². The number of hydrogen-bond donors (Lipinski definition) is 0. The SMILES string of the molecule is Cc1cc(N(CC(C)C)C2CC2)ccc1CCl. The van der Waals surface area contributed by atoms with Crippen LogP contribution < -0.4 is 4.90 Å². The predicted octanol–water partition coefficient (Wildman–Crippen LogP) is 4.36. The number of benzene rings is 1. The third kappa shape index (κ3) is 3.16. The first-order valence-electron chi connectivity index (χ1n) is 6.54. The number of hydrogen-bond acceptors (Lipinski definition) is 1. The molecule has 0 N–H and O–H groups in total. The fourth-order valence-corrected chi connectivity index (χ4v) is 2.55.